The molecule has 3 aromatic carbocycles. The molecule has 4 atom stereocenters. The van der Waals surface area contributed by atoms with Crippen molar-refractivity contribution >= 4 is 11.9 Å². The maximum atomic E-state index is 12.0. The smallest absolute Gasteiger partial charge is 0.303 e. The summed E-state index contributed by atoms with van der Waals surface area (Å²) >= 11 is 0. The van der Waals surface area contributed by atoms with Gasteiger partial charge in [0.15, 0.2) is 6.29 Å². The molecule has 0 aliphatic carbocycles. The number of aliphatic carboxylic acids is 1. The van der Waals surface area contributed by atoms with Gasteiger partial charge in [-0.1, -0.05) is 67.6 Å². The number of hydrogen-bond donors (Lipinski definition) is 3. The molecule has 3 aromatic rings. The third-order valence-corrected chi connectivity index (χ3v) is 8.14. The number of carboxylic acid groups (broad SMARTS) is 1. The third kappa shape index (κ3) is 8.28. The van der Waals surface area contributed by atoms with Crippen LogP contribution in [-0.4, -0.2) is 65.9 Å². The highest BCUT2D eigenvalue weighted by Gasteiger charge is 2.39. The molecule has 2 saturated heterocycles. The van der Waals surface area contributed by atoms with E-state index in [0.717, 1.165) is 66.2 Å². The Morgan fingerprint density at radius 3 is 2.33 bits per heavy atom. The van der Waals surface area contributed by atoms with Crippen LogP contribution in [0.15, 0.2) is 72.8 Å². The number of carbonyl (C=O) groups is 2. The number of aliphatic hydroxyl groups excluding tert-OH is 1. The van der Waals surface area contributed by atoms with Gasteiger partial charge in [-0.3, -0.25) is 14.5 Å². The van der Waals surface area contributed by atoms with Crippen LogP contribution in [0.4, 0.5) is 0 Å². The summed E-state index contributed by atoms with van der Waals surface area (Å²) in [5.41, 5.74) is 5.74. The monoisotopic (exact) mass is 588 g/mol. The normalized spacial score (nSPS) is 22.7. The van der Waals surface area contributed by atoms with Gasteiger partial charge in [0, 0.05) is 44.1 Å². The lowest BCUT2D eigenvalue weighted by molar-refractivity contribution is -0.277. The zero-order chi connectivity index (χ0) is 30.2. The van der Waals surface area contributed by atoms with E-state index in [-0.39, 0.29) is 43.5 Å². The number of benzene rings is 3. The van der Waals surface area contributed by atoms with E-state index in [1.807, 2.05) is 66.7 Å². The van der Waals surface area contributed by atoms with Crippen molar-refractivity contribution in [1.82, 2.24) is 10.2 Å². The van der Waals surface area contributed by atoms with Crippen LogP contribution in [0.1, 0.15) is 54.4 Å². The first kappa shape index (κ1) is 30.8. The Morgan fingerprint density at radius 2 is 1.60 bits per heavy atom. The number of nitrogens with zero attached hydrogens (tertiary/aromatic N) is 1. The average molecular weight is 589 g/mol. The van der Waals surface area contributed by atoms with Crippen molar-refractivity contribution in [3.05, 3.63) is 95.1 Å². The Bertz CT molecular complexity index is 1370. The lowest BCUT2D eigenvalue weighted by Crippen LogP contribution is -2.47. The van der Waals surface area contributed by atoms with Crippen LogP contribution in [0.3, 0.4) is 0 Å². The Labute approximate surface area is 252 Å². The minimum atomic E-state index is -0.990. The van der Waals surface area contributed by atoms with Crippen LogP contribution in [0, 0.1) is 5.92 Å². The lowest BCUT2D eigenvalue weighted by Gasteiger charge is -2.43. The summed E-state index contributed by atoms with van der Waals surface area (Å²) in [6.45, 7) is 6.47. The number of aliphatic hydroxyl groups is 1. The SMILES string of the molecule is C[C@H]1[C@@H](CN2CCOCC2)O[C@@H](c2cccc(-c3cccc(CNC(=O)CCC(=O)O)c3)c2)O[C@H]1c1ccc(CO)cc1. The first-order chi connectivity index (χ1) is 20.9. The number of rotatable bonds is 11. The Balaban J connectivity index is 1.35. The van der Waals surface area contributed by atoms with E-state index in [4.69, 9.17) is 19.3 Å². The summed E-state index contributed by atoms with van der Waals surface area (Å²) in [5, 5.41) is 21.1. The Hall–Kier alpha value is -3.60. The summed E-state index contributed by atoms with van der Waals surface area (Å²) in [6, 6.07) is 24.0. The van der Waals surface area contributed by atoms with Gasteiger partial charge >= 0.3 is 5.97 Å². The maximum Gasteiger partial charge on any atom is 0.303 e. The highest BCUT2D eigenvalue weighted by Crippen LogP contribution is 2.42. The average Bonchev–Trinajstić information content (AvgIpc) is 3.04. The number of carboxylic acids is 1. The number of carbonyl (C=O) groups excluding carboxylic acids is 1. The molecule has 9 heteroatoms. The molecule has 0 aromatic heterocycles. The van der Waals surface area contributed by atoms with Crippen molar-refractivity contribution in [3.8, 4) is 11.1 Å². The van der Waals surface area contributed by atoms with Gasteiger partial charge in [-0.15, -0.1) is 0 Å². The lowest BCUT2D eigenvalue weighted by atomic mass is 9.89. The second kappa shape index (κ2) is 14.7. The van der Waals surface area contributed by atoms with Gasteiger partial charge in [0.2, 0.25) is 5.91 Å². The number of amides is 1. The zero-order valence-corrected chi connectivity index (χ0v) is 24.5. The summed E-state index contributed by atoms with van der Waals surface area (Å²) in [6.07, 6.45) is -1.05. The maximum absolute atomic E-state index is 12.0. The molecular weight excluding hydrogens is 548 g/mol. The molecule has 228 valence electrons. The summed E-state index contributed by atoms with van der Waals surface area (Å²) < 4.78 is 18.9. The van der Waals surface area contributed by atoms with E-state index >= 15 is 0 Å². The first-order valence-electron chi connectivity index (χ1n) is 14.9. The summed E-state index contributed by atoms with van der Waals surface area (Å²) in [7, 11) is 0. The predicted octanol–water partition coefficient (Wildman–Crippen LogP) is 4.45. The molecule has 0 spiro atoms. The van der Waals surface area contributed by atoms with E-state index in [1.54, 1.807) is 0 Å². The molecule has 2 aliphatic rings. The van der Waals surface area contributed by atoms with Gasteiger partial charge in [0.05, 0.1) is 38.4 Å². The van der Waals surface area contributed by atoms with Crippen molar-refractivity contribution in [1.29, 1.82) is 0 Å². The van der Waals surface area contributed by atoms with Gasteiger partial charge < -0.3 is 29.7 Å². The Morgan fingerprint density at radius 1 is 0.884 bits per heavy atom. The standard InChI is InChI=1S/C34H40N2O7/c1-23-30(21-36-14-16-41-17-15-36)42-34(43-33(23)26-10-8-24(22-37)9-11-26)29-7-3-6-28(19-29)27-5-2-4-25(18-27)20-35-31(38)12-13-32(39)40/h2-11,18-19,23,30,33-34,37H,12-17,20-22H2,1H3,(H,35,38)(H,39,40)/t23-,30+,33+,34+/m0/s1. The number of morpholine rings is 1. The first-order valence-corrected chi connectivity index (χ1v) is 14.9. The molecule has 3 N–H and O–H groups in total. The molecule has 5 rings (SSSR count). The van der Waals surface area contributed by atoms with Gasteiger partial charge in [-0.2, -0.15) is 0 Å². The molecule has 43 heavy (non-hydrogen) atoms. The second-order valence-corrected chi connectivity index (χ2v) is 11.2. The van der Waals surface area contributed by atoms with Crippen LogP contribution in [0.2, 0.25) is 0 Å². The van der Waals surface area contributed by atoms with Gasteiger partial charge in [-0.05, 0) is 39.9 Å². The highest BCUT2D eigenvalue weighted by molar-refractivity contribution is 5.80. The van der Waals surface area contributed by atoms with E-state index in [2.05, 4.69) is 23.2 Å². The molecule has 2 heterocycles. The van der Waals surface area contributed by atoms with Gasteiger partial charge in [-0.25, -0.2) is 0 Å². The van der Waals surface area contributed by atoms with E-state index in [0.29, 0.717) is 6.54 Å². The minimum Gasteiger partial charge on any atom is -0.481 e. The number of nitrogens with one attached hydrogen (secondary N) is 1. The summed E-state index contributed by atoms with van der Waals surface area (Å²) in [5.74, 6) is -1.18. The van der Waals surface area contributed by atoms with Crippen LogP contribution in [0.25, 0.3) is 11.1 Å². The van der Waals surface area contributed by atoms with Gasteiger partial charge in [0.25, 0.3) is 0 Å². The zero-order valence-electron chi connectivity index (χ0n) is 24.5. The summed E-state index contributed by atoms with van der Waals surface area (Å²) in [4.78, 5) is 25.1. The van der Waals surface area contributed by atoms with Crippen molar-refractivity contribution in [2.45, 2.75) is 51.4 Å². The number of ether oxygens (including phenoxy) is 3. The molecule has 0 saturated carbocycles. The molecule has 0 radical (unpaired) electrons. The van der Waals surface area contributed by atoms with Crippen LogP contribution in [0.5, 0.6) is 0 Å². The Kier molecular flexibility index (Phi) is 10.6. The van der Waals surface area contributed by atoms with Crippen LogP contribution >= 0.6 is 0 Å². The quantitative estimate of drug-likeness (QED) is 0.301. The third-order valence-electron chi connectivity index (χ3n) is 8.14. The topological polar surface area (TPSA) is 118 Å². The van der Waals surface area contributed by atoms with Crippen molar-refractivity contribution in [3.63, 3.8) is 0 Å². The van der Waals surface area contributed by atoms with Crippen LogP contribution in [-0.2, 0) is 37.0 Å². The van der Waals surface area contributed by atoms with Gasteiger partial charge in [0.1, 0.15) is 0 Å². The molecule has 2 aliphatic heterocycles. The van der Waals surface area contributed by atoms with Crippen LogP contribution < -0.4 is 5.32 Å². The highest BCUT2D eigenvalue weighted by atomic mass is 16.7. The van der Waals surface area contributed by atoms with E-state index < -0.39 is 12.3 Å². The van der Waals surface area contributed by atoms with Crippen molar-refractivity contribution < 1.29 is 34.0 Å². The number of hydrogen-bond acceptors (Lipinski definition) is 7. The van der Waals surface area contributed by atoms with E-state index in [9.17, 15) is 14.7 Å². The van der Waals surface area contributed by atoms with E-state index in [1.165, 1.54) is 0 Å². The molecule has 1 amide bonds. The van der Waals surface area contributed by atoms with Crippen molar-refractivity contribution in [2.24, 2.45) is 5.92 Å². The molecule has 0 unspecified atom stereocenters. The molecule has 2 fully saturated rings. The molecule has 0 bridgehead atoms. The fourth-order valence-corrected chi connectivity index (χ4v) is 5.60. The predicted molar refractivity (Wildman–Crippen MR) is 161 cm³/mol. The van der Waals surface area contributed by atoms with Crippen molar-refractivity contribution in [2.75, 3.05) is 32.8 Å². The minimum absolute atomic E-state index is 0.00215. The largest absolute Gasteiger partial charge is 0.481 e. The molecule has 9 nitrogen and oxygen atoms in total. The fourth-order valence-electron chi connectivity index (χ4n) is 5.60. The molecular formula is C34H40N2O7. The fraction of sp³-hybridized carbons (Fsp3) is 0.412. The second-order valence-electron chi connectivity index (χ2n) is 11.2.